The van der Waals surface area contributed by atoms with Gasteiger partial charge in [0.2, 0.25) is 0 Å². The quantitative estimate of drug-likeness (QED) is 0.135. The molecule has 2 N–H and O–H groups in total. The molecule has 7 rings (SSSR count). The predicted molar refractivity (Wildman–Crippen MR) is 176 cm³/mol. The molecular weight excluding hydrogens is 638 g/mol. The van der Waals surface area contributed by atoms with Crippen molar-refractivity contribution in [3.8, 4) is 11.1 Å². The number of rotatable bonds is 10. The van der Waals surface area contributed by atoms with E-state index in [4.69, 9.17) is 0 Å². The number of likely N-dealkylation sites (tertiary alicyclic amines) is 1. The summed E-state index contributed by atoms with van der Waals surface area (Å²) in [6, 6.07) is 8.09. The van der Waals surface area contributed by atoms with Crippen LogP contribution in [0, 0.1) is 19.8 Å². The van der Waals surface area contributed by atoms with E-state index in [9.17, 15) is 32.3 Å². The number of carbonyl (C=O) groups is 2. The van der Waals surface area contributed by atoms with Crippen LogP contribution in [-0.2, 0) is 9.59 Å². The lowest BCUT2D eigenvalue weighted by Gasteiger charge is -2.41. The van der Waals surface area contributed by atoms with Crippen molar-refractivity contribution in [3.63, 3.8) is 0 Å². The van der Waals surface area contributed by atoms with Crippen molar-refractivity contribution in [1.29, 1.82) is 0 Å². The Balaban J connectivity index is 1.39. The van der Waals surface area contributed by atoms with Gasteiger partial charge in [0.1, 0.15) is 30.4 Å². The highest BCUT2D eigenvalue weighted by Gasteiger charge is 2.70. The van der Waals surface area contributed by atoms with Gasteiger partial charge in [0.15, 0.2) is 12.2 Å². The zero-order valence-corrected chi connectivity index (χ0v) is 27.9. The Kier molecular flexibility index (Phi) is 8.10. The molecule has 12 heteroatoms. The number of quaternary nitrogens is 1. The van der Waals surface area contributed by atoms with Gasteiger partial charge in [0.05, 0.1) is 22.9 Å². The van der Waals surface area contributed by atoms with Crippen molar-refractivity contribution in [3.05, 3.63) is 88.2 Å². The van der Waals surface area contributed by atoms with Crippen LogP contribution in [-0.4, -0.2) is 85.8 Å². The molecule has 0 bridgehead atoms. The van der Waals surface area contributed by atoms with Crippen molar-refractivity contribution < 1.29 is 36.7 Å². The second-order valence-corrected chi connectivity index (χ2v) is 14.3. The number of aromatic amines is 1. The third-order valence-corrected chi connectivity index (χ3v) is 10.5. The summed E-state index contributed by atoms with van der Waals surface area (Å²) in [5, 5.41) is 10.3. The number of aryl methyl sites for hydroxylation is 2. The fourth-order valence-electron chi connectivity index (χ4n) is 8.15. The van der Waals surface area contributed by atoms with Crippen molar-refractivity contribution in [2.24, 2.45) is 5.92 Å². The van der Waals surface area contributed by atoms with Gasteiger partial charge in [0, 0.05) is 31.4 Å². The van der Waals surface area contributed by atoms with E-state index in [1.165, 1.54) is 12.5 Å². The van der Waals surface area contributed by atoms with Crippen LogP contribution in [0.15, 0.2) is 71.5 Å². The van der Waals surface area contributed by atoms with Crippen LogP contribution in [0.1, 0.15) is 55.8 Å². The lowest BCUT2D eigenvalue weighted by Crippen LogP contribution is -2.54. The maximum Gasteiger partial charge on any atom is 0.416 e. The number of benzene rings is 2. The fourth-order valence-corrected chi connectivity index (χ4v) is 8.15. The monoisotopic (exact) mass is 678 g/mol. The van der Waals surface area contributed by atoms with Gasteiger partial charge in [-0.1, -0.05) is 32.0 Å². The number of allylic oxidation sites excluding steroid dienone is 2. The largest absolute Gasteiger partial charge is 0.481 e. The summed E-state index contributed by atoms with van der Waals surface area (Å²) in [5.74, 6) is -1.33. The van der Waals surface area contributed by atoms with Crippen LogP contribution in [0.3, 0.4) is 0 Å². The molecule has 4 aliphatic heterocycles. The Bertz CT molecular complexity index is 1930. The molecule has 3 aromatic rings. The van der Waals surface area contributed by atoms with Crippen LogP contribution in [0.2, 0.25) is 0 Å². The maximum absolute atomic E-state index is 14.9. The number of carboxylic acid groups (broad SMARTS) is 1. The molecule has 3 atom stereocenters. The number of aliphatic carboxylic acids is 1. The summed E-state index contributed by atoms with van der Waals surface area (Å²) >= 11 is 0. The molecule has 49 heavy (non-hydrogen) atoms. The lowest BCUT2D eigenvalue weighted by atomic mass is 9.89. The van der Waals surface area contributed by atoms with Gasteiger partial charge in [-0.2, -0.15) is 13.2 Å². The molecule has 2 saturated heterocycles. The van der Waals surface area contributed by atoms with Crippen molar-refractivity contribution in [2.75, 3.05) is 26.2 Å². The summed E-state index contributed by atoms with van der Waals surface area (Å²) in [7, 11) is 0. The van der Waals surface area contributed by atoms with E-state index < -0.39 is 42.4 Å². The minimum Gasteiger partial charge on any atom is -0.481 e. The first kappa shape index (κ1) is 33.2. The Morgan fingerprint density at radius 2 is 1.88 bits per heavy atom. The van der Waals surface area contributed by atoms with Crippen LogP contribution in [0.5, 0.6) is 0 Å². The number of alkyl halides is 4. The number of fused-ring (bicyclic) bond motifs is 3. The molecular formula is C37H40F4N5O3+. The van der Waals surface area contributed by atoms with Crippen LogP contribution in [0.4, 0.5) is 17.6 Å². The number of amides is 1. The highest BCUT2D eigenvalue weighted by molar-refractivity contribution is 5.89. The molecule has 258 valence electrons. The molecule has 0 aliphatic carbocycles. The Labute approximate surface area is 282 Å². The third-order valence-electron chi connectivity index (χ3n) is 10.5. The molecule has 1 aromatic heterocycles. The van der Waals surface area contributed by atoms with Gasteiger partial charge >= 0.3 is 18.1 Å². The molecule has 8 nitrogen and oxygen atoms in total. The van der Waals surface area contributed by atoms with Gasteiger partial charge < -0.3 is 15.0 Å². The highest BCUT2D eigenvalue weighted by Crippen LogP contribution is 2.57. The number of H-pyrrole nitrogens is 1. The first-order chi connectivity index (χ1) is 23.2. The first-order valence-corrected chi connectivity index (χ1v) is 16.7. The number of halogens is 4. The molecule has 3 unspecified atom stereocenters. The fraction of sp³-hybridized carbons (Fsp3) is 0.432. The van der Waals surface area contributed by atoms with E-state index in [1.807, 2.05) is 58.0 Å². The number of carboxylic acids is 1. The van der Waals surface area contributed by atoms with Crippen molar-refractivity contribution >= 4 is 22.9 Å². The van der Waals surface area contributed by atoms with Gasteiger partial charge in [-0.05, 0) is 78.6 Å². The molecule has 5 heterocycles. The summed E-state index contributed by atoms with van der Waals surface area (Å²) in [5.41, 5.74) is 5.68. The normalized spacial score (nSPS) is 23.3. The Hall–Kier alpha value is -4.29. The Morgan fingerprint density at radius 3 is 2.51 bits per heavy atom. The number of hydrogen-bond acceptors (Lipinski definition) is 5. The van der Waals surface area contributed by atoms with E-state index in [1.54, 1.807) is 9.80 Å². The Morgan fingerprint density at radius 1 is 1.16 bits per heavy atom. The standard InChI is InChI=1S/C37H39F4N5O3/c1-20(2)10-30-36(49)46(18-32(46)29-13-27(37(39,40)41)23(15-45(29)30)8-9-44-16-25(38)17-44)31(14-33(47)48)26-11-24(12-28-35(26)43-19-42-28)34-21(3)6-5-7-22(34)4/h5-7,11-13,15,19-20,25,30-31H,8-10,14,16-18H2,1-4H3,(H-,42,43,47,48)/p+1. The number of hydrogen-bond donors (Lipinski definition) is 2. The number of nitrogens with one attached hydrogen (secondary N) is 1. The van der Waals surface area contributed by atoms with Gasteiger partial charge in [0.25, 0.3) is 0 Å². The predicted octanol–water partition coefficient (Wildman–Crippen LogP) is 7.09. The molecule has 0 saturated carbocycles. The van der Waals surface area contributed by atoms with Crippen LogP contribution >= 0.6 is 0 Å². The second-order valence-electron chi connectivity index (χ2n) is 14.3. The van der Waals surface area contributed by atoms with E-state index in [2.05, 4.69) is 9.97 Å². The summed E-state index contributed by atoms with van der Waals surface area (Å²) in [6.07, 6.45) is -1.47. The molecule has 0 spiro atoms. The van der Waals surface area contributed by atoms with Gasteiger partial charge in [-0.3, -0.25) is 9.69 Å². The lowest BCUT2D eigenvalue weighted by molar-refractivity contribution is -0.739. The zero-order chi connectivity index (χ0) is 35.0. The minimum absolute atomic E-state index is 0.0220. The summed E-state index contributed by atoms with van der Waals surface area (Å²) in [4.78, 5) is 38.7. The summed E-state index contributed by atoms with van der Waals surface area (Å²) < 4.78 is 57.1. The van der Waals surface area contributed by atoms with Gasteiger partial charge in [-0.25, -0.2) is 18.7 Å². The SMILES string of the molecule is Cc1cccc(C)c1-c1cc(C(CC(=O)O)[N+]23CC2=C2C=C(C(F)(F)F)C(CCN4CC(F)C4)=CN2C(CC(C)C)C3=O)c2[nH]cnc2c1. The van der Waals surface area contributed by atoms with E-state index in [0.29, 0.717) is 34.4 Å². The van der Waals surface area contributed by atoms with Crippen LogP contribution in [0.25, 0.3) is 22.2 Å². The average molecular weight is 679 g/mol. The topological polar surface area (TPSA) is 89.5 Å². The molecule has 2 aromatic carbocycles. The molecule has 1 amide bonds. The molecule has 2 fully saturated rings. The van der Waals surface area contributed by atoms with Gasteiger partial charge in [-0.15, -0.1) is 0 Å². The highest BCUT2D eigenvalue weighted by atomic mass is 19.4. The zero-order valence-electron chi connectivity index (χ0n) is 27.9. The van der Waals surface area contributed by atoms with E-state index in [-0.39, 0.29) is 54.5 Å². The van der Waals surface area contributed by atoms with Crippen LogP contribution < -0.4 is 0 Å². The number of nitrogens with zero attached hydrogens (tertiary/aromatic N) is 4. The maximum atomic E-state index is 14.9. The van der Waals surface area contributed by atoms with E-state index >= 15 is 0 Å². The molecule has 0 radical (unpaired) electrons. The molecule has 4 aliphatic rings. The number of imidazole rings is 1. The second kappa shape index (κ2) is 11.9. The average Bonchev–Trinajstić information content (AvgIpc) is 3.59. The number of carbonyl (C=O) groups excluding carboxylic acids is 1. The van der Waals surface area contributed by atoms with Crippen molar-refractivity contribution in [1.82, 2.24) is 19.8 Å². The minimum atomic E-state index is -4.66. The van der Waals surface area contributed by atoms with Crippen molar-refractivity contribution in [2.45, 2.75) is 71.4 Å². The third kappa shape index (κ3) is 5.68. The van der Waals surface area contributed by atoms with E-state index in [0.717, 1.165) is 28.3 Å². The summed E-state index contributed by atoms with van der Waals surface area (Å²) in [6.45, 7) is 8.69. The number of aromatic nitrogens is 2. The smallest absolute Gasteiger partial charge is 0.416 e. The first-order valence-electron chi connectivity index (χ1n) is 16.7.